The van der Waals surface area contributed by atoms with Crippen molar-refractivity contribution in [3.05, 3.63) is 114 Å². The Morgan fingerprint density at radius 2 is 1.70 bits per heavy atom. The number of carbonyl (C=O) groups is 1. The molecule has 0 unspecified atom stereocenters. The molecule has 170 valence electrons. The van der Waals surface area contributed by atoms with Crippen LogP contribution >= 0.6 is 0 Å². The van der Waals surface area contributed by atoms with E-state index in [1.165, 1.54) is 24.3 Å². The number of pyridine rings is 1. The predicted octanol–water partition coefficient (Wildman–Crippen LogP) is 5.75. The topological polar surface area (TPSA) is 42.0 Å². The van der Waals surface area contributed by atoms with E-state index in [4.69, 9.17) is 0 Å². The van der Waals surface area contributed by atoms with Gasteiger partial charge in [-0.3, -0.25) is 9.78 Å². The van der Waals surface area contributed by atoms with Crippen molar-refractivity contribution in [2.75, 3.05) is 6.54 Å². The molecular weight excluding hydrogens is 418 g/mol. The monoisotopic (exact) mass is 446 g/mol. The number of nitrogens with one attached hydrogen (secondary N) is 1. The lowest BCUT2D eigenvalue weighted by molar-refractivity contribution is -0.116. The van der Waals surface area contributed by atoms with Crippen LogP contribution in [0.3, 0.4) is 0 Å². The Balaban J connectivity index is 1.30. The van der Waals surface area contributed by atoms with E-state index < -0.39 is 5.41 Å². The molecule has 3 aromatic rings. The largest absolute Gasteiger partial charge is 0.353 e. The van der Waals surface area contributed by atoms with Crippen LogP contribution in [0.1, 0.15) is 42.5 Å². The number of allylic oxidation sites excluding steroid dienone is 1. The van der Waals surface area contributed by atoms with Crippen LogP contribution < -0.4 is 5.32 Å². The first-order valence-electron chi connectivity index (χ1n) is 11.5. The summed E-state index contributed by atoms with van der Waals surface area (Å²) in [6, 6.07) is 18.8. The van der Waals surface area contributed by atoms with Crippen LogP contribution in [0, 0.1) is 17.6 Å². The first-order chi connectivity index (χ1) is 16.1. The van der Waals surface area contributed by atoms with E-state index in [2.05, 4.69) is 10.3 Å². The second kappa shape index (κ2) is 10.5. The second-order valence-electron chi connectivity index (χ2n) is 8.58. The molecule has 0 radical (unpaired) electrons. The van der Waals surface area contributed by atoms with Gasteiger partial charge in [0.2, 0.25) is 5.91 Å². The zero-order valence-corrected chi connectivity index (χ0v) is 18.5. The molecule has 1 fully saturated rings. The van der Waals surface area contributed by atoms with Gasteiger partial charge in [0.25, 0.3) is 0 Å². The summed E-state index contributed by atoms with van der Waals surface area (Å²) >= 11 is 0. The highest BCUT2D eigenvalue weighted by Gasteiger charge is 2.55. The van der Waals surface area contributed by atoms with Crippen molar-refractivity contribution in [1.29, 1.82) is 0 Å². The van der Waals surface area contributed by atoms with Gasteiger partial charge in [-0.2, -0.15) is 0 Å². The van der Waals surface area contributed by atoms with E-state index in [1.54, 1.807) is 24.4 Å². The Morgan fingerprint density at radius 1 is 0.970 bits per heavy atom. The van der Waals surface area contributed by atoms with Gasteiger partial charge in [0.15, 0.2) is 0 Å². The standard InChI is InChI=1S/C28H28F2N2O/c29-24-10-6-8-21(18-24)28(22-9-7-11-25(30)19-22)20-23(28)14-15-27(33)32-17-4-1-2-12-26-13-3-5-16-31-26/h3,5-11,13-16,18-19,23H,1-2,4,12,17,20H2,(H,32,33)/b15-14+/t23-/m1/s1. The Morgan fingerprint density at radius 3 is 2.33 bits per heavy atom. The van der Waals surface area contributed by atoms with Crippen molar-refractivity contribution < 1.29 is 13.6 Å². The first kappa shape index (κ1) is 22.8. The second-order valence-corrected chi connectivity index (χ2v) is 8.58. The van der Waals surface area contributed by atoms with Crippen molar-refractivity contribution >= 4 is 5.91 Å². The van der Waals surface area contributed by atoms with Gasteiger partial charge in [-0.1, -0.05) is 42.8 Å². The van der Waals surface area contributed by atoms with Gasteiger partial charge in [0.1, 0.15) is 11.6 Å². The third-order valence-corrected chi connectivity index (χ3v) is 6.31. The molecule has 0 aliphatic heterocycles. The number of unbranched alkanes of at least 4 members (excludes halogenated alkanes) is 2. The van der Waals surface area contributed by atoms with Crippen molar-refractivity contribution in [2.24, 2.45) is 5.92 Å². The average Bonchev–Trinajstić information content (AvgIpc) is 3.56. The molecule has 3 nitrogen and oxygen atoms in total. The van der Waals surface area contributed by atoms with E-state index >= 15 is 0 Å². The van der Waals surface area contributed by atoms with Gasteiger partial charge >= 0.3 is 0 Å². The van der Waals surface area contributed by atoms with Crippen LogP contribution in [0.15, 0.2) is 85.1 Å². The smallest absolute Gasteiger partial charge is 0.243 e. The summed E-state index contributed by atoms with van der Waals surface area (Å²) in [6.07, 6.45) is 9.84. The van der Waals surface area contributed by atoms with Gasteiger partial charge in [0, 0.05) is 23.9 Å². The van der Waals surface area contributed by atoms with Gasteiger partial charge in [0.05, 0.1) is 0 Å². The van der Waals surface area contributed by atoms with Gasteiger partial charge < -0.3 is 5.32 Å². The first-order valence-corrected chi connectivity index (χ1v) is 11.5. The van der Waals surface area contributed by atoms with E-state index in [0.29, 0.717) is 13.0 Å². The molecule has 1 heterocycles. The molecule has 0 bridgehead atoms. The van der Waals surface area contributed by atoms with E-state index in [9.17, 15) is 13.6 Å². The molecular formula is C28H28F2N2O. The maximum atomic E-state index is 13.9. The van der Waals surface area contributed by atoms with E-state index in [0.717, 1.165) is 42.5 Å². The zero-order valence-electron chi connectivity index (χ0n) is 18.5. The van der Waals surface area contributed by atoms with Crippen LogP contribution in [0.2, 0.25) is 0 Å². The third-order valence-electron chi connectivity index (χ3n) is 6.31. The fourth-order valence-electron chi connectivity index (χ4n) is 4.51. The summed E-state index contributed by atoms with van der Waals surface area (Å²) in [7, 11) is 0. The number of halogens is 2. The fourth-order valence-corrected chi connectivity index (χ4v) is 4.51. The highest BCUT2D eigenvalue weighted by Crippen LogP contribution is 2.59. The summed E-state index contributed by atoms with van der Waals surface area (Å²) < 4.78 is 27.9. The van der Waals surface area contributed by atoms with Crippen molar-refractivity contribution in [3.63, 3.8) is 0 Å². The number of aryl methyl sites for hydroxylation is 1. The molecule has 33 heavy (non-hydrogen) atoms. The van der Waals surface area contributed by atoms with Crippen molar-refractivity contribution in [1.82, 2.24) is 10.3 Å². The summed E-state index contributed by atoms with van der Waals surface area (Å²) in [5.74, 6) is -0.776. The summed E-state index contributed by atoms with van der Waals surface area (Å²) in [5.41, 5.74) is 2.19. The minimum atomic E-state index is -0.507. The molecule has 1 aliphatic rings. The lowest BCUT2D eigenvalue weighted by Crippen LogP contribution is -2.22. The minimum absolute atomic E-state index is 0.00484. The quantitative estimate of drug-likeness (QED) is 0.318. The molecule has 5 heteroatoms. The molecule has 1 aliphatic carbocycles. The number of amides is 1. The molecule has 4 rings (SSSR count). The highest BCUT2D eigenvalue weighted by atomic mass is 19.1. The maximum Gasteiger partial charge on any atom is 0.243 e. The van der Waals surface area contributed by atoms with E-state index in [-0.39, 0.29) is 23.5 Å². The molecule has 1 aromatic heterocycles. The molecule has 1 N–H and O–H groups in total. The number of hydrogen-bond donors (Lipinski definition) is 1. The SMILES string of the molecule is O=C(/C=C/[C@@H]1CC1(c1cccc(F)c1)c1cccc(F)c1)NCCCCCc1ccccn1. The number of hydrogen-bond acceptors (Lipinski definition) is 2. The highest BCUT2D eigenvalue weighted by molar-refractivity contribution is 5.87. The Hall–Kier alpha value is -3.34. The predicted molar refractivity (Wildman–Crippen MR) is 126 cm³/mol. The molecule has 1 saturated carbocycles. The number of benzene rings is 2. The number of carbonyl (C=O) groups excluding carboxylic acids is 1. The van der Waals surface area contributed by atoms with Crippen LogP contribution in [0.5, 0.6) is 0 Å². The third kappa shape index (κ3) is 5.72. The summed E-state index contributed by atoms with van der Waals surface area (Å²) in [4.78, 5) is 16.6. The van der Waals surface area contributed by atoms with Crippen molar-refractivity contribution in [3.8, 4) is 0 Å². The Labute approximate surface area is 193 Å². The van der Waals surface area contributed by atoms with Gasteiger partial charge in [-0.05, 0) is 85.2 Å². The lowest BCUT2D eigenvalue weighted by Gasteiger charge is -2.18. The average molecular weight is 447 g/mol. The van der Waals surface area contributed by atoms with E-state index in [1.807, 2.05) is 36.4 Å². The van der Waals surface area contributed by atoms with Crippen LogP contribution in [0.25, 0.3) is 0 Å². The zero-order chi connectivity index (χ0) is 23.1. The molecule has 1 amide bonds. The van der Waals surface area contributed by atoms with Crippen molar-refractivity contribution in [2.45, 2.75) is 37.5 Å². The number of aromatic nitrogens is 1. The Bertz CT molecular complexity index is 1070. The van der Waals surface area contributed by atoms with Crippen LogP contribution in [-0.2, 0) is 16.6 Å². The van der Waals surface area contributed by atoms with Gasteiger partial charge in [-0.25, -0.2) is 8.78 Å². The molecule has 0 saturated heterocycles. The maximum absolute atomic E-state index is 13.9. The van der Waals surface area contributed by atoms with Gasteiger partial charge in [-0.15, -0.1) is 0 Å². The number of nitrogens with zero attached hydrogens (tertiary/aromatic N) is 1. The molecule has 1 atom stereocenters. The lowest BCUT2D eigenvalue weighted by atomic mass is 9.85. The van der Waals surface area contributed by atoms with Crippen LogP contribution in [0.4, 0.5) is 8.78 Å². The Kier molecular flexibility index (Phi) is 7.28. The minimum Gasteiger partial charge on any atom is -0.353 e. The molecule has 0 spiro atoms. The summed E-state index contributed by atoms with van der Waals surface area (Å²) in [6.45, 7) is 0.620. The van der Waals surface area contributed by atoms with Crippen LogP contribution in [-0.4, -0.2) is 17.4 Å². The summed E-state index contributed by atoms with van der Waals surface area (Å²) in [5, 5.41) is 2.93. The molecule has 2 aromatic carbocycles. The fraction of sp³-hybridized carbons (Fsp3) is 0.286. The normalized spacial score (nSPS) is 16.6. The number of rotatable bonds is 10.